The molecule has 1 aromatic rings. The van der Waals surface area contributed by atoms with E-state index in [0.717, 1.165) is 44.1 Å². The van der Waals surface area contributed by atoms with Crippen molar-refractivity contribution in [3.63, 3.8) is 0 Å². The highest BCUT2D eigenvalue weighted by Crippen LogP contribution is 2.30. The molecule has 2 N–H and O–H groups in total. The van der Waals surface area contributed by atoms with Gasteiger partial charge in [0, 0.05) is 37.3 Å². The van der Waals surface area contributed by atoms with Crippen molar-refractivity contribution in [1.82, 2.24) is 25.5 Å². The molecule has 4 aliphatic rings. The molecular formula is C19H32N6O. The van der Waals surface area contributed by atoms with Crippen LogP contribution in [0.1, 0.15) is 36.9 Å². The predicted octanol–water partition coefficient (Wildman–Crippen LogP) is 0.784. The van der Waals surface area contributed by atoms with Crippen LogP contribution in [-0.2, 0) is 13.0 Å². The number of aromatic nitrogens is 2. The first-order chi connectivity index (χ1) is 12.7. The van der Waals surface area contributed by atoms with Crippen molar-refractivity contribution >= 4 is 5.82 Å². The van der Waals surface area contributed by atoms with E-state index in [0.29, 0.717) is 18.1 Å². The molecule has 1 aromatic heterocycles. The third-order valence-corrected chi connectivity index (χ3v) is 5.92. The molecular weight excluding hydrogens is 328 g/mol. The third-order valence-electron chi connectivity index (χ3n) is 5.92. The van der Waals surface area contributed by atoms with Crippen LogP contribution in [0.5, 0.6) is 6.01 Å². The average Bonchev–Trinajstić information content (AvgIpc) is 3.29. The van der Waals surface area contributed by atoms with Gasteiger partial charge in [-0.05, 0) is 58.8 Å². The number of anilines is 1. The first-order valence-electron chi connectivity index (χ1n) is 10.1. The minimum Gasteiger partial charge on any atom is -0.467 e. The Morgan fingerprint density at radius 1 is 1.08 bits per heavy atom. The van der Waals surface area contributed by atoms with E-state index in [9.17, 15) is 0 Å². The standard InChI is InChI=1S/C14H21N5O.C5H11N/c1-20-14-17-12-6-15-5-4-11(12)13(18-14)19-7-9-2-3-10(8-19)16-9;1-6-4-2-3-5-6/h9-10,15-16H,2-8H2,1H3;2-5H2,1H3. The molecule has 144 valence electrons. The number of nitrogens with zero attached hydrogens (tertiary/aromatic N) is 4. The van der Waals surface area contributed by atoms with Crippen molar-refractivity contribution in [2.24, 2.45) is 0 Å². The van der Waals surface area contributed by atoms with Gasteiger partial charge in [-0.1, -0.05) is 0 Å². The maximum absolute atomic E-state index is 5.29. The second kappa shape index (κ2) is 8.06. The Labute approximate surface area is 156 Å². The monoisotopic (exact) mass is 360 g/mol. The third kappa shape index (κ3) is 3.94. The van der Waals surface area contributed by atoms with Gasteiger partial charge in [-0.2, -0.15) is 9.97 Å². The summed E-state index contributed by atoms with van der Waals surface area (Å²) < 4.78 is 5.29. The molecule has 2 atom stereocenters. The van der Waals surface area contributed by atoms with Gasteiger partial charge in [0.1, 0.15) is 5.82 Å². The van der Waals surface area contributed by atoms with Crippen LogP contribution < -0.4 is 20.3 Å². The summed E-state index contributed by atoms with van der Waals surface area (Å²) in [5.74, 6) is 1.10. The lowest BCUT2D eigenvalue weighted by Gasteiger charge is -2.35. The van der Waals surface area contributed by atoms with E-state index in [2.05, 4.69) is 37.4 Å². The lowest BCUT2D eigenvalue weighted by molar-refractivity contribution is 0.374. The first kappa shape index (κ1) is 17.9. The topological polar surface area (TPSA) is 65.5 Å². The zero-order valence-electron chi connectivity index (χ0n) is 16.1. The number of methoxy groups -OCH3 is 1. The first-order valence-corrected chi connectivity index (χ1v) is 10.1. The van der Waals surface area contributed by atoms with E-state index in [1.165, 1.54) is 44.3 Å². The van der Waals surface area contributed by atoms with Gasteiger partial charge in [-0.3, -0.25) is 0 Å². The molecule has 2 bridgehead atoms. The second-order valence-electron chi connectivity index (χ2n) is 7.94. The van der Waals surface area contributed by atoms with Gasteiger partial charge in [0.05, 0.1) is 12.8 Å². The van der Waals surface area contributed by atoms with Crippen LogP contribution in [0.2, 0.25) is 0 Å². The SMILES string of the molecule is CN1CCCC1.COc1nc2c(c(N3CC4CCC(C3)N4)n1)CCNC2. The fourth-order valence-corrected chi connectivity index (χ4v) is 4.52. The van der Waals surface area contributed by atoms with Crippen molar-refractivity contribution in [2.75, 3.05) is 51.8 Å². The van der Waals surface area contributed by atoms with Crippen LogP contribution in [-0.4, -0.2) is 73.8 Å². The fourth-order valence-electron chi connectivity index (χ4n) is 4.52. The number of hydrogen-bond acceptors (Lipinski definition) is 7. The van der Waals surface area contributed by atoms with Gasteiger partial charge in [0.25, 0.3) is 0 Å². The predicted molar refractivity (Wildman–Crippen MR) is 103 cm³/mol. The highest BCUT2D eigenvalue weighted by Gasteiger charge is 2.34. The molecule has 2 unspecified atom stereocenters. The average molecular weight is 361 g/mol. The molecule has 0 spiro atoms. The number of hydrogen-bond donors (Lipinski definition) is 2. The zero-order valence-corrected chi connectivity index (χ0v) is 16.1. The maximum atomic E-state index is 5.29. The molecule has 0 radical (unpaired) electrons. The van der Waals surface area contributed by atoms with Crippen LogP contribution in [0, 0.1) is 0 Å². The zero-order chi connectivity index (χ0) is 17.9. The molecule has 0 amide bonds. The highest BCUT2D eigenvalue weighted by atomic mass is 16.5. The minimum absolute atomic E-state index is 0.494. The molecule has 5 heterocycles. The summed E-state index contributed by atoms with van der Waals surface area (Å²) in [6, 6.07) is 1.73. The molecule has 0 saturated carbocycles. The fraction of sp³-hybridized carbons (Fsp3) is 0.789. The quantitative estimate of drug-likeness (QED) is 0.808. The number of rotatable bonds is 2. The van der Waals surface area contributed by atoms with Crippen LogP contribution >= 0.6 is 0 Å². The summed E-state index contributed by atoms with van der Waals surface area (Å²) in [5.41, 5.74) is 2.41. The molecule has 4 aliphatic heterocycles. The summed E-state index contributed by atoms with van der Waals surface area (Å²) in [4.78, 5) is 14.0. The molecule has 5 rings (SSSR count). The van der Waals surface area contributed by atoms with Gasteiger partial charge in [-0.25, -0.2) is 0 Å². The summed E-state index contributed by atoms with van der Waals surface area (Å²) in [6.45, 7) is 6.57. The Hall–Kier alpha value is -1.44. The van der Waals surface area contributed by atoms with Crippen molar-refractivity contribution in [1.29, 1.82) is 0 Å². The number of piperazine rings is 1. The number of fused-ring (bicyclic) bond motifs is 3. The Balaban J connectivity index is 0.000000240. The summed E-state index contributed by atoms with van der Waals surface area (Å²) in [5, 5.41) is 7.05. The largest absolute Gasteiger partial charge is 0.467 e. The lowest BCUT2D eigenvalue weighted by atomic mass is 10.1. The number of nitrogens with one attached hydrogen (secondary N) is 2. The van der Waals surface area contributed by atoms with Gasteiger partial charge in [0.15, 0.2) is 0 Å². The van der Waals surface area contributed by atoms with Gasteiger partial charge in [0.2, 0.25) is 0 Å². The van der Waals surface area contributed by atoms with E-state index < -0.39 is 0 Å². The van der Waals surface area contributed by atoms with Gasteiger partial charge < -0.3 is 25.2 Å². The Bertz CT molecular complexity index is 606. The second-order valence-corrected chi connectivity index (χ2v) is 7.94. The molecule has 0 aliphatic carbocycles. The Morgan fingerprint density at radius 2 is 1.81 bits per heavy atom. The number of likely N-dealkylation sites (tertiary alicyclic amines) is 1. The van der Waals surface area contributed by atoms with Crippen molar-refractivity contribution < 1.29 is 4.74 Å². The van der Waals surface area contributed by atoms with E-state index in [1.807, 2.05) is 0 Å². The maximum Gasteiger partial charge on any atom is 0.318 e. The molecule has 26 heavy (non-hydrogen) atoms. The van der Waals surface area contributed by atoms with E-state index in [-0.39, 0.29) is 0 Å². The lowest BCUT2D eigenvalue weighted by Crippen LogP contribution is -2.52. The number of ether oxygens (including phenoxy) is 1. The van der Waals surface area contributed by atoms with E-state index in [1.54, 1.807) is 7.11 Å². The normalized spacial score (nSPS) is 27.7. The molecule has 3 fully saturated rings. The minimum atomic E-state index is 0.494. The van der Waals surface area contributed by atoms with Crippen LogP contribution in [0.15, 0.2) is 0 Å². The summed E-state index contributed by atoms with van der Waals surface area (Å²) in [7, 11) is 3.82. The smallest absolute Gasteiger partial charge is 0.318 e. The van der Waals surface area contributed by atoms with Crippen molar-refractivity contribution in [3.8, 4) is 6.01 Å². The van der Waals surface area contributed by atoms with Crippen LogP contribution in [0.3, 0.4) is 0 Å². The van der Waals surface area contributed by atoms with E-state index in [4.69, 9.17) is 4.74 Å². The van der Waals surface area contributed by atoms with E-state index >= 15 is 0 Å². The van der Waals surface area contributed by atoms with Crippen LogP contribution in [0.25, 0.3) is 0 Å². The molecule has 7 heteroatoms. The Kier molecular flexibility index (Phi) is 5.57. The summed E-state index contributed by atoms with van der Waals surface area (Å²) >= 11 is 0. The highest BCUT2D eigenvalue weighted by molar-refractivity contribution is 5.52. The van der Waals surface area contributed by atoms with Crippen LogP contribution in [0.4, 0.5) is 5.82 Å². The molecule has 3 saturated heterocycles. The van der Waals surface area contributed by atoms with Crippen molar-refractivity contribution in [3.05, 3.63) is 11.3 Å². The van der Waals surface area contributed by atoms with Gasteiger partial charge in [-0.15, -0.1) is 0 Å². The van der Waals surface area contributed by atoms with Crippen molar-refractivity contribution in [2.45, 2.75) is 50.7 Å². The molecule has 7 nitrogen and oxygen atoms in total. The summed E-state index contributed by atoms with van der Waals surface area (Å²) in [6.07, 6.45) is 6.40. The Morgan fingerprint density at radius 3 is 2.42 bits per heavy atom. The van der Waals surface area contributed by atoms with Gasteiger partial charge >= 0.3 is 6.01 Å². The molecule has 0 aromatic carbocycles.